The number of amides is 1. The molecule has 0 spiro atoms. The quantitative estimate of drug-likeness (QED) is 0.664. The Hall–Kier alpha value is -2.63. The molecule has 162 valence electrons. The fourth-order valence-electron chi connectivity index (χ4n) is 4.49. The molecule has 0 N–H and O–H groups in total. The second-order valence-electron chi connectivity index (χ2n) is 7.93. The van der Waals surface area contributed by atoms with Crippen LogP contribution in [0.2, 0.25) is 0 Å². The van der Waals surface area contributed by atoms with Crippen LogP contribution in [0.25, 0.3) is 0 Å². The van der Waals surface area contributed by atoms with E-state index in [4.69, 9.17) is 4.74 Å². The Morgan fingerprint density at radius 3 is 2.47 bits per heavy atom. The highest BCUT2D eigenvalue weighted by molar-refractivity contribution is 5.95. The molecular formula is C24H31FN2O3. The maximum Gasteiger partial charge on any atom is 0.309 e. The van der Waals surface area contributed by atoms with E-state index >= 15 is 0 Å². The SMILES string of the molecule is CCOC(=O)C1CCN(C(=O)c2c(C)c(CC)c(C)n2Cc2cccc(F)c2)CC1. The Bertz CT molecular complexity index is 927. The second kappa shape index (κ2) is 9.45. The van der Waals surface area contributed by atoms with E-state index in [9.17, 15) is 14.0 Å². The monoisotopic (exact) mass is 414 g/mol. The highest BCUT2D eigenvalue weighted by Gasteiger charge is 2.31. The van der Waals surface area contributed by atoms with Crippen LogP contribution in [0.15, 0.2) is 24.3 Å². The molecule has 0 saturated carbocycles. The van der Waals surface area contributed by atoms with Crippen molar-refractivity contribution < 1.29 is 18.7 Å². The molecule has 1 fully saturated rings. The number of hydrogen-bond donors (Lipinski definition) is 0. The van der Waals surface area contributed by atoms with E-state index in [0.29, 0.717) is 44.8 Å². The first-order valence-electron chi connectivity index (χ1n) is 10.8. The van der Waals surface area contributed by atoms with E-state index in [2.05, 4.69) is 6.92 Å². The summed E-state index contributed by atoms with van der Waals surface area (Å²) in [5.74, 6) is -0.603. The number of carbonyl (C=O) groups excluding carboxylic acids is 2. The lowest BCUT2D eigenvalue weighted by Gasteiger charge is -2.31. The fourth-order valence-corrected chi connectivity index (χ4v) is 4.49. The van der Waals surface area contributed by atoms with Crippen LogP contribution in [-0.2, 0) is 22.5 Å². The smallest absolute Gasteiger partial charge is 0.309 e. The van der Waals surface area contributed by atoms with Crippen molar-refractivity contribution in [3.05, 3.63) is 58.2 Å². The van der Waals surface area contributed by atoms with E-state index in [1.165, 1.54) is 12.1 Å². The molecule has 0 atom stereocenters. The summed E-state index contributed by atoms with van der Waals surface area (Å²) in [6, 6.07) is 6.51. The standard InChI is InChI=1S/C24H31FN2O3/c1-5-21-16(3)22(27(17(21)4)15-18-8-7-9-20(25)14-18)23(28)26-12-10-19(11-13-26)24(29)30-6-2/h7-9,14,19H,5-6,10-13,15H2,1-4H3. The molecule has 3 rings (SSSR count). The Morgan fingerprint density at radius 1 is 1.17 bits per heavy atom. The van der Waals surface area contributed by atoms with Crippen LogP contribution >= 0.6 is 0 Å². The number of esters is 1. The second-order valence-corrected chi connectivity index (χ2v) is 7.93. The minimum Gasteiger partial charge on any atom is -0.466 e. The molecule has 1 aliphatic heterocycles. The van der Waals surface area contributed by atoms with Gasteiger partial charge in [0.25, 0.3) is 5.91 Å². The van der Waals surface area contributed by atoms with Crippen LogP contribution < -0.4 is 0 Å². The lowest BCUT2D eigenvalue weighted by Crippen LogP contribution is -2.41. The Balaban J connectivity index is 1.86. The topological polar surface area (TPSA) is 51.5 Å². The van der Waals surface area contributed by atoms with Crippen molar-refractivity contribution in [1.82, 2.24) is 9.47 Å². The van der Waals surface area contributed by atoms with Gasteiger partial charge in [-0.2, -0.15) is 0 Å². The zero-order valence-electron chi connectivity index (χ0n) is 18.3. The van der Waals surface area contributed by atoms with Gasteiger partial charge in [-0.15, -0.1) is 0 Å². The predicted molar refractivity (Wildman–Crippen MR) is 114 cm³/mol. The zero-order chi connectivity index (χ0) is 21.8. The van der Waals surface area contributed by atoms with Crippen LogP contribution in [0.5, 0.6) is 0 Å². The molecule has 1 aliphatic rings. The van der Waals surface area contributed by atoms with Gasteiger partial charge in [0.05, 0.1) is 12.5 Å². The molecule has 0 unspecified atom stereocenters. The van der Waals surface area contributed by atoms with Crippen molar-refractivity contribution in [3.8, 4) is 0 Å². The minimum absolute atomic E-state index is 0.0194. The highest BCUT2D eigenvalue weighted by Crippen LogP contribution is 2.27. The van der Waals surface area contributed by atoms with Crippen LogP contribution in [-0.4, -0.2) is 41.0 Å². The molecule has 0 radical (unpaired) electrons. The van der Waals surface area contributed by atoms with Gasteiger partial charge < -0.3 is 14.2 Å². The van der Waals surface area contributed by atoms with Gasteiger partial charge in [-0.1, -0.05) is 19.1 Å². The molecule has 5 nitrogen and oxygen atoms in total. The first-order chi connectivity index (χ1) is 14.4. The summed E-state index contributed by atoms with van der Waals surface area (Å²) in [6.07, 6.45) is 2.07. The molecule has 1 saturated heterocycles. The van der Waals surface area contributed by atoms with Crippen LogP contribution in [0.3, 0.4) is 0 Å². The van der Waals surface area contributed by atoms with Crippen molar-refractivity contribution >= 4 is 11.9 Å². The molecule has 1 aromatic heterocycles. The number of benzene rings is 1. The predicted octanol–water partition coefficient (Wildman–Crippen LogP) is 4.27. The maximum absolute atomic E-state index is 13.7. The number of aromatic nitrogens is 1. The Kier molecular flexibility index (Phi) is 6.95. The minimum atomic E-state index is -0.279. The summed E-state index contributed by atoms with van der Waals surface area (Å²) in [5, 5.41) is 0. The summed E-state index contributed by atoms with van der Waals surface area (Å²) in [6.45, 7) is 9.80. The van der Waals surface area contributed by atoms with Crippen molar-refractivity contribution in [2.75, 3.05) is 19.7 Å². The van der Waals surface area contributed by atoms with Crippen molar-refractivity contribution in [3.63, 3.8) is 0 Å². The fraction of sp³-hybridized carbons (Fsp3) is 0.500. The zero-order valence-corrected chi connectivity index (χ0v) is 18.3. The largest absolute Gasteiger partial charge is 0.466 e. The van der Waals surface area contributed by atoms with Gasteiger partial charge in [0.2, 0.25) is 0 Å². The number of likely N-dealkylation sites (tertiary alicyclic amines) is 1. The maximum atomic E-state index is 13.7. The Morgan fingerprint density at radius 2 is 1.87 bits per heavy atom. The van der Waals surface area contributed by atoms with Crippen LogP contribution in [0, 0.1) is 25.6 Å². The van der Waals surface area contributed by atoms with Crippen molar-refractivity contribution in [2.45, 2.75) is 53.5 Å². The molecule has 1 amide bonds. The first kappa shape index (κ1) is 22.1. The summed E-state index contributed by atoms with van der Waals surface area (Å²) < 4.78 is 20.9. The molecule has 2 aromatic rings. The lowest BCUT2D eigenvalue weighted by molar-refractivity contribution is -0.149. The molecule has 6 heteroatoms. The average Bonchev–Trinajstić information content (AvgIpc) is 2.97. The van der Waals surface area contributed by atoms with Crippen LogP contribution in [0.1, 0.15) is 59.6 Å². The van der Waals surface area contributed by atoms with Gasteiger partial charge >= 0.3 is 5.97 Å². The average molecular weight is 415 g/mol. The summed E-state index contributed by atoms with van der Waals surface area (Å²) >= 11 is 0. The van der Waals surface area contributed by atoms with Gasteiger partial charge in [-0.3, -0.25) is 9.59 Å². The van der Waals surface area contributed by atoms with E-state index < -0.39 is 0 Å². The summed E-state index contributed by atoms with van der Waals surface area (Å²) in [4.78, 5) is 27.3. The van der Waals surface area contributed by atoms with Crippen LogP contribution in [0.4, 0.5) is 4.39 Å². The third-order valence-electron chi connectivity index (χ3n) is 6.11. The molecule has 1 aromatic carbocycles. The number of ether oxygens (including phenoxy) is 1. The number of hydrogen-bond acceptors (Lipinski definition) is 3. The molecule has 0 aliphatic carbocycles. The van der Waals surface area contributed by atoms with Gasteiger partial charge in [-0.25, -0.2) is 4.39 Å². The summed E-state index contributed by atoms with van der Waals surface area (Å²) in [5.41, 5.74) is 4.69. The normalized spacial score (nSPS) is 14.8. The van der Waals surface area contributed by atoms with Gasteiger partial charge in [0, 0.05) is 25.3 Å². The van der Waals surface area contributed by atoms with Crippen molar-refractivity contribution in [1.29, 1.82) is 0 Å². The number of piperidine rings is 1. The molecule has 2 heterocycles. The molecule has 30 heavy (non-hydrogen) atoms. The van der Waals surface area contributed by atoms with E-state index in [0.717, 1.165) is 28.8 Å². The third-order valence-corrected chi connectivity index (χ3v) is 6.11. The number of rotatable bonds is 6. The lowest BCUT2D eigenvalue weighted by atomic mass is 9.96. The number of nitrogens with zero attached hydrogens (tertiary/aromatic N) is 2. The summed E-state index contributed by atoms with van der Waals surface area (Å²) in [7, 11) is 0. The van der Waals surface area contributed by atoms with Gasteiger partial charge in [0.1, 0.15) is 11.5 Å². The van der Waals surface area contributed by atoms with Gasteiger partial charge in [0.15, 0.2) is 0 Å². The Labute approximate surface area is 177 Å². The number of halogens is 1. The number of carbonyl (C=O) groups is 2. The molecule has 0 bridgehead atoms. The van der Waals surface area contributed by atoms with Crippen molar-refractivity contribution in [2.24, 2.45) is 5.92 Å². The third kappa shape index (κ3) is 4.42. The van der Waals surface area contributed by atoms with Gasteiger partial charge in [-0.05, 0) is 68.9 Å². The first-order valence-corrected chi connectivity index (χ1v) is 10.8. The molecular weight excluding hydrogens is 383 g/mol. The van der Waals surface area contributed by atoms with E-state index in [1.807, 2.05) is 29.4 Å². The van der Waals surface area contributed by atoms with E-state index in [-0.39, 0.29) is 23.6 Å². The highest BCUT2D eigenvalue weighted by atomic mass is 19.1. The van der Waals surface area contributed by atoms with E-state index in [1.54, 1.807) is 13.0 Å².